The quantitative estimate of drug-likeness (QED) is 0.903. The van der Waals surface area contributed by atoms with Crippen molar-refractivity contribution in [1.29, 1.82) is 0 Å². The smallest absolute Gasteiger partial charge is 0.352 e. The van der Waals surface area contributed by atoms with E-state index in [4.69, 9.17) is 11.6 Å². The first kappa shape index (κ1) is 14.1. The van der Waals surface area contributed by atoms with E-state index in [0.717, 1.165) is 6.07 Å². The highest BCUT2D eigenvalue weighted by atomic mass is 79.9. The van der Waals surface area contributed by atoms with Crippen LogP contribution in [0.5, 0.6) is 0 Å². The zero-order valence-electron chi connectivity index (χ0n) is 10.3. The first-order chi connectivity index (χ1) is 8.82. The van der Waals surface area contributed by atoms with Crippen molar-refractivity contribution in [2.24, 2.45) is 0 Å². The number of hydrogen-bond acceptors (Lipinski definition) is 2. The number of nitrogens with zero attached hydrogens (tertiary/aromatic N) is 1. The van der Waals surface area contributed by atoms with Gasteiger partial charge < -0.3 is 9.67 Å². The van der Waals surface area contributed by atoms with Crippen molar-refractivity contribution >= 4 is 44.4 Å². The number of benzene rings is 1. The second-order valence-electron chi connectivity index (χ2n) is 4.44. The molecule has 2 rings (SSSR count). The molecule has 1 aromatic heterocycles. The number of aromatic nitrogens is 1. The third-order valence-corrected chi connectivity index (χ3v) is 3.56. The van der Waals surface area contributed by atoms with Crippen molar-refractivity contribution in [3.05, 3.63) is 43.6 Å². The lowest BCUT2D eigenvalue weighted by atomic mass is 10.1. The minimum absolute atomic E-state index is 0.0401. The number of fused-ring (bicyclic) bond motifs is 1. The summed E-state index contributed by atoms with van der Waals surface area (Å²) in [7, 11) is 0. The number of aromatic carboxylic acids is 1. The van der Waals surface area contributed by atoms with Gasteiger partial charge in [-0.2, -0.15) is 0 Å². The lowest BCUT2D eigenvalue weighted by molar-refractivity contribution is 0.0683. The summed E-state index contributed by atoms with van der Waals surface area (Å²) < 4.78 is 2.29. The monoisotopic (exact) mass is 343 g/mol. The summed E-state index contributed by atoms with van der Waals surface area (Å²) in [6.45, 7) is 3.70. The minimum Gasteiger partial charge on any atom is -0.477 e. The predicted octanol–water partition coefficient (Wildman–Crippen LogP) is 3.70. The zero-order valence-corrected chi connectivity index (χ0v) is 12.6. The molecule has 0 saturated heterocycles. The topological polar surface area (TPSA) is 59.3 Å². The molecule has 0 bridgehead atoms. The molecule has 6 heteroatoms. The number of pyridine rings is 1. The summed E-state index contributed by atoms with van der Waals surface area (Å²) in [5.41, 5.74) is 0.0859. The molecule has 100 valence electrons. The fraction of sp³-hybridized carbons (Fsp3) is 0.231. The molecule has 0 radical (unpaired) electrons. The van der Waals surface area contributed by atoms with E-state index in [9.17, 15) is 14.7 Å². The third kappa shape index (κ3) is 2.40. The van der Waals surface area contributed by atoms with Gasteiger partial charge in [-0.25, -0.2) is 4.79 Å². The van der Waals surface area contributed by atoms with Crippen molar-refractivity contribution in [2.75, 3.05) is 0 Å². The Kier molecular flexibility index (Phi) is 3.69. The molecule has 1 N–H and O–H groups in total. The van der Waals surface area contributed by atoms with Crippen LogP contribution in [0.4, 0.5) is 0 Å². The Balaban J connectivity index is 3.08. The Bertz CT molecular complexity index is 737. The summed E-state index contributed by atoms with van der Waals surface area (Å²) in [6.07, 6.45) is 0. The van der Waals surface area contributed by atoms with Crippen LogP contribution < -0.4 is 5.43 Å². The first-order valence-electron chi connectivity index (χ1n) is 5.60. The Morgan fingerprint density at radius 2 is 2.00 bits per heavy atom. The summed E-state index contributed by atoms with van der Waals surface area (Å²) in [5, 5.41) is 9.88. The maximum atomic E-state index is 12.0. The van der Waals surface area contributed by atoms with E-state index in [-0.39, 0.29) is 17.2 Å². The molecular formula is C13H11BrClNO3. The van der Waals surface area contributed by atoms with Crippen molar-refractivity contribution < 1.29 is 9.90 Å². The second kappa shape index (κ2) is 4.98. The van der Waals surface area contributed by atoms with E-state index in [0.29, 0.717) is 20.4 Å². The molecule has 0 unspecified atom stereocenters. The van der Waals surface area contributed by atoms with Gasteiger partial charge in [-0.15, -0.1) is 0 Å². The molecule has 0 aliphatic rings. The van der Waals surface area contributed by atoms with Crippen LogP contribution >= 0.6 is 27.5 Å². The maximum Gasteiger partial charge on any atom is 0.352 e. The Labute approximate surface area is 122 Å². The zero-order chi connectivity index (χ0) is 14.3. The van der Waals surface area contributed by atoms with Crippen molar-refractivity contribution in [3.63, 3.8) is 0 Å². The van der Waals surface area contributed by atoms with Crippen LogP contribution in [-0.4, -0.2) is 15.6 Å². The van der Waals surface area contributed by atoms with Gasteiger partial charge in [0.2, 0.25) is 0 Å². The van der Waals surface area contributed by atoms with Gasteiger partial charge >= 0.3 is 5.97 Å². The second-order valence-corrected chi connectivity index (χ2v) is 5.77. The number of hydrogen-bond donors (Lipinski definition) is 1. The average molecular weight is 345 g/mol. The molecule has 1 heterocycles. The van der Waals surface area contributed by atoms with Gasteiger partial charge in [0.05, 0.1) is 15.9 Å². The minimum atomic E-state index is -1.14. The highest BCUT2D eigenvalue weighted by Crippen LogP contribution is 2.28. The van der Waals surface area contributed by atoms with E-state index < -0.39 is 5.97 Å². The van der Waals surface area contributed by atoms with Gasteiger partial charge in [-0.05, 0) is 26.0 Å². The van der Waals surface area contributed by atoms with Crippen LogP contribution in [-0.2, 0) is 0 Å². The molecule has 1 aromatic carbocycles. The highest BCUT2D eigenvalue weighted by molar-refractivity contribution is 9.10. The molecule has 0 atom stereocenters. The molecule has 2 aromatic rings. The number of rotatable bonds is 2. The summed E-state index contributed by atoms with van der Waals surface area (Å²) >= 11 is 9.39. The van der Waals surface area contributed by atoms with Gasteiger partial charge in [0.1, 0.15) is 5.69 Å². The van der Waals surface area contributed by atoms with Gasteiger partial charge in [-0.3, -0.25) is 4.79 Å². The first-order valence-corrected chi connectivity index (χ1v) is 6.77. The average Bonchev–Trinajstić information content (AvgIpc) is 2.26. The van der Waals surface area contributed by atoms with E-state index >= 15 is 0 Å². The van der Waals surface area contributed by atoms with Crippen molar-refractivity contribution in [3.8, 4) is 0 Å². The SMILES string of the molecule is CC(C)n1c(C(=O)O)cc(=O)c2c(Cl)cc(Br)cc21. The van der Waals surface area contributed by atoms with Gasteiger partial charge in [0.25, 0.3) is 0 Å². The molecule has 0 saturated carbocycles. The van der Waals surface area contributed by atoms with E-state index in [1.807, 2.05) is 13.8 Å². The third-order valence-electron chi connectivity index (χ3n) is 2.80. The van der Waals surface area contributed by atoms with E-state index in [1.165, 1.54) is 0 Å². The molecular weight excluding hydrogens is 334 g/mol. The standard InChI is InChI=1S/C13H11BrClNO3/c1-6(2)16-9-4-7(14)3-8(15)12(9)11(17)5-10(16)13(18)19/h3-6H,1-2H3,(H,18,19). The van der Waals surface area contributed by atoms with Crippen LogP contribution in [0, 0.1) is 0 Å². The molecule has 4 nitrogen and oxygen atoms in total. The van der Waals surface area contributed by atoms with Gasteiger partial charge in [-0.1, -0.05) is 27.5 Å². The van der Waals surface area contributed by atoms with Crippen molar-refractivity contribution in [2.45, 2.75) is 19.9 Å². The summed E-state index contributed by atoms with van der Waals surface area (Å²) in [4.78, 5) is 23.3. The molecule has 0 amide bonds. The predicted molar refractivity (Wildman–Crippen MR) is 78.3 cm³/mol. The molecule has 0 aliphatic heterocycles. The lowest BCUT2D eigenvalue weighted by Gasteiger charge is -2.18. The van der Waals surface area contributed by atoms with E-state index in [2.05, 4.69) is 15.9 Å². The summed E-state index contributed by atoms with van der Waals surface area (Å²) in [5.74, 6) is -1.14. The van der Waals surface area contributed by atoms with Crippen molar-refractivity contribution in [1.82, 2.24) is 4.57 Å². The van der Waals surface area contributed by atoms with Crippen LogP contribution in [0.2, 0.25) is 5.02 Å². The van der Waals surface area contributed by atoms with Crippen LogP contribution in [0.3, 0.4) is 0 Å². The normalized spacial score (nSPS) is 11.2. The number of carboxylic acids is 1. The number of carboxylic acid groups (broad SMARTS) is 1. The molecule has 0 spiro atoms. The number of halogens is 2. The molecule has 19 heavy (non-hydrogen) atoms. The molecule has 0 aliphatic carbocycles. The lowest BCUT2D eigenvalue weighted by Crippen LogP contribution is -2.19. The number of carbonyl (C=O) groups is 1. The van der Waals surface area contributed by atoms with Crippen LogP contribution in [0.1, 0.15) is 30.4 Å². The Morgan fingerprint density at radius 3 is 2.53 bits per heavy atom. The maximum absolute atomic E-state index is 12.0. The Hall–Kier alpha value is -1.33. The summed E-state index contributed by atoms with van der Waals surface area (Å²) in [6, 6.07) is 4.33. The Morgan fingerprint density at radius 1 is 1.37 bits per heavy atom. The van der Waals surface area contributed by atoms with Gasteiger partial charge in [0.15, 0.2) is 5.43 Å². The highest BCUT2D eigenvalue weighted by Gasteiger charge is 2.18. The van der Waals surface area contributed by atoms with Crippen LogP contribution in [0.15, 0.2) is 27.5 Å². The molecule has 0 fully saturated rings. The fourth-order valence-corrected chi connectivity index (χ4v) is 3.00. The fourth-order valence-electron chi connectivity index (χ4n) is 2.11. The largest absolute Gasteiger partial charge is 0.477 e. The van der Waals surface area contributed by atoms with Gasteiger partial charge in [0, 0.05) is 16.6 Å². The van der Waals surface area contributed by atoms with Crippen LogP contribution in [0.25, 0.3) is 10.9 Å². The van der Waals surface area contributed by atoms with E-state index in [1.54, 1.807) is 16.7 Å².